The van der Waals surface area contributed by atoms with Crippen LogP contribution in [0.3, 0.4) is 0 Å². The first-order valence-corrected chi connectivity index (χ1v) is 7.01. The third kappa shape index (κ3) is 3.33. The van der Waals surface area contributed by atoms with Gasteiger partial charge in [0.1, 0.15) is 0 Å². The largest absolute Gasteiger partial charge is 0.323 e. The third-order valence-corrected chi connectivity index (χ3v) is 4.24. The zero-order valence-corrected chi connectivity index (χ0v) is 11.2. The zero-order valence-electron chi connectivity index (χ0n) is 10.4. The first-order chi connectivity index (χ1) is 8.40. The number of amides is 1. The number of nitrogens with zero attached hydrogens (tertiary/aromatic N) is 1. The summed E-state index contributed by atoms with van der Waals surface area (Å²) < 4.78 is 24.5. The standard InChI is InChI=1S/C12H16N2O3S/c1-4-12(15)13-10-6-8-11(9-7-10)14(3)18(16,17)5-2/h4,6-9H,1,5H2,2-3H3,(H,13,15). The van der Waals surface area contributed by atoms with Gasteiger partial charge < -0.3 is 5.32 Å². The van der Waals surface area contributed by atoms with Gasteiger partial charge in [-0.25, -0.2) is 8.42 Å². The molecule has 18 heavy (non-hydrogen) atoms. The fourth-order valence-electron chi connectivity index (χ4n) is 1.30. The summed E-state index contributed by atoms with van der Waals surface area (Å²) in [6.07, 6.45) is 1.17. The van der Waals surface area contributed by atoms with Gasteiger partial charge in [0.15, 0.2) is 0 Å². The van der Waals surface area contributed by atoms with Crippen LogP contribution in [-0.4, -0.2) is 27.1 Å². The van der Waals surface area contributed by atoms with Crippen molar-refractivity contribution < 1.29 is 13.2 Å². The van der Waals surface area contributed by atoms with E-state index < -0.39 is 10.0 Å². The van der Waals surface area contributed by atoms with Crippen LogP contribution in [0, 0.1) is 0 Å². The maximum atomic E-state index is 11.7. The van der Waals surface area contributed by atoms with Crippen LogP contribution in [0.15, 0.2) is 36.9 Å². The number of hydrogen-bond acceptors (Lipinski definition) is 3. The average molecular weight is 268 g/mol. The van der Waals surface area contributed by atoms with Crippen LogP contribution in [0.5, 0.6) is 0 Å². The normalized spacial score (nSPS) is 10.8. The van der Waals surface area contributed by atoms with Crippen molar-refractivity contribution >= 4 is 27.3 Å². The van der Waals surface area contributed by atoms with Gasteiger partial charge in [-0.15, -0.1) is 0 Å². The SMILES string of the molecule is C=CC(=O)Nc1ccc(N(C)S(=O)(=O)CC)cc1. The van der Waals surface area contributed by atoms with Gasteiger partial charge in [-0.2, -0.15) is 0 Å². The lowest BCUT2D eigenvalue weighted by Gasteiger charge is -2.18. The highest BCUT2D eigenvalue weighted by Gasteiger charge is 2.15. The van der Waals surface area contributed by atoms with Crippen LogP contribution in [0.25, 0.3) is 0 Å². The number of benzene rings is 1. The number of carbonyl (C=O) groups excluding carboxylic acids is 1. The lowest BCUT2D eigenvalue weighted by Crippen LogP contribution is -2.27. The molecule has 0 aliphatic heterocycles. The van der Waals surface area contributed by atoms with E-state index >= 15 is 0 Å². The van der Waals surface area contributed by atoms with E-state index in [1.807, 2.05) is 0 Å². The van der Waals surface area contributed by atoms with E-state index in [4.69, 9.17) is 0 Å². The Morgan fingerprint density at radius 2 is 1.94 bits per heavy atom. The van der Waals surface area contributed by atoms with E-state index in [0.717, 1.165) is 0 Å². The Balaban J connectivity index is 2.89. The van der Waals surface area contributed by atoms with Crippen molar-refractivity contribution in [2.75, 3.05) is 22.4 Å². The third-order valence-electron chi connectivity index (χ3n) is 2.47. The number of anilines is 2. The summed E-state index contributed by atoms with van der Waals surface area (Å²) in [5.41, 5.74) is 1.14. The summed E-state index contributed by atoms with van der Waals surface area (Å²) in [6, 6.07) is 6.54. The van der Waals surface area contributed by atoms with Gasteiger partial charge >= 0.3 is 0 Å². The second-order valence-corrected chi connectivity index (χ2v) is 5.90. The van der Waals surface area contributed by atoms with Gasteiger partial charge in [0, 0.05) is 12.7 Å². The van der Waals surface area contributed by atoms with Crippen molar-refractivity contribution in [2.45, 2.75) is 6.92 Å². The predicted octanol–water partition coefficient (Wildman–Crippen LogP) is 1.60. The molecule has 0 bridgehead atoms. The molecule has 0 heterocycles. The number of hydrogen-bond donors (Lipinski definition) is 1. The first kappa shape index (κ1) is 14.2. The number of sulfonamides is 1. The van der Waals surface area contributed by atoms with Gasteiger partial charge in [-0.05, 0) is 37.3 Å². The first-order valence-electron chi connectivity index (χ1n) is 5.40. The summed E-state index contributed by atoms with van der Waals surface area (Å²) in [7, 11) is -1.77. The van der Waals surface area contributed by atoms with Crippen molar-refractivity contribution in [3.05, 3.63) is 36.9 Å². The summed E-state index contributed by atoms with van der Waals surface area (Å²) in [5.74, 6) is -0.268. The minimum atomic E-state index is -3.26. The lowest BCUT2D eigenvalue weighted by atomic mass is 10.3. The molecule has 0 spiro atoms. The summed E-state index contributed by atoms with van der Waals surface area (Å²) in [4.78, 5) is 11.1. The molecule has 5 nitrogen and oxygen atoms in total. The summed E-state index contributed by atoms with van der Waals surface area (Å²) >= 11 is 0. The minimum absolute atomic E-state index is 0.0401. The predicted molar refractivity (Wildman–Crippen MR) is 73.1 cm³/mol. The molecule has 0 unspecified atom stereocenters. The number of nitrogens with one attached hydrogen (secondary N) is 1. The highest BCUT2D eigenvalue weighted by atomic mass is 32.2. The second kappa shape index (κ2) is 5.68. The van der Waals surface area contributed by atoms with Crippen molar-refractivity contribution in [1.82, 2.24) is 0 Å². The molecule has 0 aromatic heterocycles. The molecule has 1 aromatic carbocycles. The van der Waals surface area contributed by atoms with E-state index in [0.29, 0.717) is 11.4 Å². The molecular weight excluding hydrogens is 252 g/mol. The highest BCUT2D eigenvalue weighted by Crippen LogP contribution is 2.19. The van der Waals surface area contributed by atoms with Crippen LogP contribution in [-0.2, 0) is 14.8 Å². The van der Waals surface area contributed by atoms with Crippen molar-refractivity contribution in [3.63, 3.8) is 0 Å². The fourth-order valence-corrected chi connectivity index (χ4v) is 2.13. The van der Waals surface area contributed by atoms with Crippen LogP contribution in [0.1, 0.15) is 6.92 Å². The molecule has 1 aromatic rings. The smallest absolute Gasteiger partial charge is 0.247 e. The van der Waals surface area contributed by atoms with Gasteiger partial charge in [0.05, 0.1) is 11.4 Å². The molecule has 0 atom stereocenters. The number of carbonyl (C=O) groups is 1. The van der Waals surface area contributed by atoms with E-state index in [1.165, 1.54) is 17.4 Å². The lowest BCUT2D eigenvalue weighted by molar-refractivity contribution is -0.111. The Bertz CT molecular complexity index is 535. The van der Waals surface area contributed by atoms with E-state index in [-0.39, 0.29) is 11.7 Å². The molecule has 0 aliphatic carbocycles. The van der Waals surface area contributed by atoms with Gasteiger partial charge in [-0.1, -0.05) is 6.58 Å². The van der Waals surface area contributed by atoms with Crippen molar-refractivity contribution in [2.24, 2.45) is 0 Å². The quantitative estimate of drug-likeness (QED) is 0.825. The molecule has 1 rings (SSSR count). The highest BCUT2D eigenvalue weighted by molar-refractivity contribution is 7.92. The van der Waals surface area contributed by atoms with Gasteiger partial charge in [0.2, 0.25) is 15.9 Å². The van der Waals surface area contributed by atoms with Crippen LogP contribution in [0.2, 0.25) is 0 Å². The zero-order chi connectivity index (χ0) is 13.8. The molecule has 0 saturated heterocycles. The molecule has 0 radical (unpaired) electrons. The van der Waals surface area contributed by atoms with Crippen LogP contribution >= 0.6 is 0 Å². The second-order valence-electron chi connectivity index (χ2n) is 3.61. The van der Waals surface area contributed by atoms with E-state index in [9.17, 15) is 13.2 Å². The average Bonchev–Trinajstić information content (AvgIpc) is 2.38. The molecule has 1 N–H and O–H groups in total. The molecule has 0 fully saturated rings. The van der Waals surface area contributed by atoms with Crippen LogP contribution < -0.4 is 9.62 Å². The number of rotatable bonds is 5. The molecule has 0 saturated carbocycles. The Morgan fingerprint density at radius 3 is 2.39 bits per heavy atom. The van der Waals surface area contributed by atoms with Gasteiger partial charge in [-0.3, -0.25) is 9.10 Å². The summed E-state index contributed by atoms with van der Waals surface area (Å²) in [6.45, 7) is 4.93. The molecule has 98 valence electrons. The maximum Gasteiger partial charge on any atom is 0.247 e. The maximum absolute atomic E-state index is 11.7. The molecule has 0 aliphatic rings. The monoisotopic (exact) mass is 268 g/mol. The Hall–Kier alpha value is -1.82. The summed E-state index contributed by atoms with van der Waals surface area (Å²) in [5, 5.41) is 2.59. The van der Waals surface area contributed by atoms with Crippen LogP contribution in [0.4, 0.5) is 11.4 Å². The topological polar surface area (TPSA) is 66.5 Å². The van der Waals surface area contributed by atoms with E-state index in [2.05, 4.69) is 11.9 Å². The van der Waals surface area contributed by atoms with E-state index in [1.54, 1.807) is 31.2 Å². The van der Waals surface area contributed by atoms with Crippen molar-refractivity contribution in [3.8, 4) is 0 Å². The Kier molecular flexibility index (Phi) is 4.49. The Morgan fingerprint density at radius 1 is 1.39 bits per heavy atom. The van der Waals surface area contributed by atoms with Crippen molar-refractivity contribution in [1.29, 1.82) is 0 Å². The Labute approximate surface area is 107 Å². The molecular formula is C12H16N2O3S. The molecule has 6 heteroatoms. The molecule has 1 amide bonds. The minimum Gasteiger partial charge on any atom is -0.323 e. The fraction of sp³-hybridized carbons (Fsp3) is 0.250. The van der Waals surface area contributed by atoms with Gasteiger partial charge in [0.25, 0.3) is 0 Å².